The van der Waals surface area contributed by atoms with Gasteiger partial charge in [-0.1, -0.05) is 24.3 Å². The molecule has 1 amide bonds. The second-order valence-electron chi connectivity index (χ2n) is 11.1. The minimum absolute atomic E-state index is 0.0219. The number of halogens is 2. The molecule has 1 N–H and O–H groups in total. The summed E-state index contributed by atoms with van der Waals surface area (Å²) in [6.07, 6.45) is 1.11. The Morgan fingerprint density at radius 1 is 1.11 bits per heavy atom. The van der Waals surface area contributed by atoms with Gasteiger partial charge >= 0.3 is 0 Å². The molecular formula is C33H35F2N5O5. The lowest BCUT2D eigenvalue weighted by Crippen LogP contribution is -2.30. The molecule has 1 aliphatic heterocycles. The SMILES string of the molecule is CNC(=O)c1cc(-c2nn(-c3ccccc3)c(CC(=O)C[C@@H]3CN(CCOC)O[C@H]3c3ccc(F)c(F)c3)c2C)cn(C)c1=O. The Labute approximate surface area is 259 Å². The summed E-state index contributed by atoms with van der Waals surface area (Å²) in [7, 11) is 4.59. The Morgan fingerprint density at radius 3 is 2.56 bits per heavy atom. The van der Waals surface area contributed by atoms with E-state index in [9.17, 15) is 23.2 Å². The molecule has 10 nitrogen and oxygen atoms in total. The van der Waals surface area contributed by atoms with Gasteiger partial charge in [0, 0.05) is 64.8 Å². The number of rotatable bonds is 11. The van der Waals surface area contributed by atoms with Gasteiger partial charge in [-0.15, -0.1) is 0 Å². The number of ether oxygens (including phenoxy) is 1. The second kappa shape index (κ2) is 13.6. The van der Waals surface area contributed by atoms with Crippen LogP contribution in [-0.4, -0.2) is 65.0 Å². The number of hydroxylamine groups is 2. The number of carbonyl (C=O) groups excluding carboxylic acids is 2. The van der Waals surface area contributed by atoms with Gasteiger partial charge in [0.1, 0.15) is 17.5 Å². The summed E-state index contributed by atoms with van der Waals surface area (Å²) >= 11 is 0. The quantitative estimate of drug-likeness (QED) is 0.271. The molecule has 0 aliphatic carbocycles. The van der Waals surface area contributed by atoms with Crippen LogP contribution in [0.2, 0.25) is 0 Å². The first-order valence-corrected chi connectivity index (χ1v) is 14.6. The molecule has 45 heavy (non-hydrogen) atoms. The molecular weight excluding hydrogens is 584 g/mol. The molecule has 4 aromatic rings. The molecule has 1 aliphatic rings. The zero-order chi connectivity index (χ0) is 32.2. The summed E-state index contributed by atoms with van der Waals surface area (Å²) in [5, 5.41) is 9.04. The predicted octanol–water partition coefficient (Wildman–Crippen LogP) is 3.94. The van der Waals surface area contributed by atoms with E-state index in [2.05, 4.69) is 5.32 Å². The van der Waals surface area contributed by atoms with Gasteiger partial charge in [-0.05, 0) is 48.4 Å². The van der Waals surface area contributed by atoms with Crippen molar-refractivity contribution in [2.45, 2.75) is 25.9 Å². The van der Waals surface area contributed by atoms with Crippen LogP contribution in [0, 0.1) is 24.5 Å². The Kier molecular flexibility index (Phi) is 9.66. The van der Waals surface area contributed by atoms with Gasteiger partial charge in [0.15, 0.2) is 11.6 Å². The zero-order valence-electron chi connectivity index (χ0n) is 25.5. The highest BCUT2D eigenvalue weighted by molar-refractivity contribution is 5.94. The fraction of sp³-hybridized carbons (Fsp3) is 0.333. The second-order valence-corrected chi connectivity index (χ2v) is 11.1. The van der Waals surface area contributed by atoms with Crippen molar-refractivity contribution in [2.75, 3.05) is 33.9 Å². The number of methoxy groups -OCH3 is 1. The van der Waals surface area contributed by atoms with Crippen molar-refractivity contribution in [3.63, 3.8) is 0 Å². The van der Waals surface area contributed by atoms with E-state index >= 15 is 0 Å². The smallest absolute Gasteiger partial charge is 0.263 e. The van der Waals surface area contributed by atoms with Crippen molar-refractivity contribution >= 4 is 11.7 Å². The van der Waals surface area contributed by atoms with Crippen molar-refractivity contribution in [3.05, 3.63) is 105 Å². The highest BCUT2D eigenvalue weighted by atomic mass is 19.2. The predicted molar refractivity (Wildman–Crippen MR) is 163 cm³/mol. The molecule has 0 radical (unpaired) electrons. The van der Waals surface area contributed by atoms with Gasteiger partial charge in [0.25, 0.3) is 11.5 Å². The third-order valence-electron chi connectivity index (χ3n) is 7.97. The highest BCUT2D eigenvalue weighted by Crippen LogP contribution is 2.37. The number of Topliss-reactive ketones (excluding diaryl/α,β-unsaturated/α-hetero) is 1. The first-order chi connectivity index (χ1) is 21.6. The fourth-order valence-corrected chi connectivity index (χ4v) is 5.66. The van der Waals surface area contributed by atoms with E-state index in [1.807, 2.05) is 37.3 Å². The van der Waals surface area contributed by atoms with Crippen molar-refractivity contribution in [2.24, 2.45) is 13.0 Å². The Hall–Kier alpha value is -4.52. The van der Waals surface area contributed by atoms with E-state index in [-0.39, 0.29) is 30.1 Å². The number of amides is 1. The van der Waals surface area contributed by atoms with Crippen LogP contribution in [0.1, 0.15) is 39.7 Å². The van der Waals surface area contributed by atoms with Crippen LogP contribution in [0.15, 0.2) is 65.6 Å². The lowest BCUT2D eigenvalue weighted by atomic mass is 9.90. The number of nitrogens with zero attached hydrogens (tertiary/aromatic N) is 4. The third kappa shape index (κ3) is 6.77. The van der Waals surface area contributed by atoms with E-state index in [0.29, 0.717) is 42.2 Å². The normalized spacial score (nSPS) is 16.7. The molecule has 0 bridgehead atoms. The van der Waals surface area contributed by atoms with Crippen molar-refractivity contribution in [3.8, 4) is 16.9 Å². The van der Waals surface area contributed by atoms with E-state index in [0.717, 1.165) is 23.4 Å². The molecule has 2 aromatic heterocycles. The lowest BCUT2D eigenvalue weighted by molar-refractivity contribution is -0.155. The van der Waals surface area contributed by atoms with Crippen molar-refractivity contribution in [1.82, 2.24) is 24.7 Å². The first-order valence-electron chi connectivity index (χ1n) is 14.6. The minimum atomic E-state index is -0.982. The van der Waals surface area contributed by atoms with Crippen LogP contribution in [0.4, 0.5) is 8.78 Å². The molecule has 5 rings (SSSR count). The van der Waals surface area contributed by atoms with Crippen LogP contribution < -0.4 is 10.9 Å². The maximum atomic E-state index is 14.2. The Balaban J connectivity index is 1.48. The number of carbonyl (C=O) groups is 2. The van der Waals surface area contributed by atoms with Crippen LogP contribution >= 0.6 is 0 Å². The molecule has 1 fully saturated rings. The average Bonchev–Trinajstić information content (AvgIpc) is 3.58. The maximum Gasteiger partial charge on any atom is 0.263 e. The summed E-state index contributed by atoms with van der Waals surface area (Å²) in [5.74, 6) is -2.87. The van der Waals surface area contributed by atoms with Crippen LogP contribution in [-0.2, 0) is 27.8 Å². The summed E-state index contributed by atoms with van der Waals surface area (Å²) < 4.78 is 36.1. The first kappa shape index (κ1) is 31.9. The molecule has 12 heteroatoms. The van der Waals surface area contributed by atoms with Gasteiger partial charge in [-0.25, -0.2) is 13.5 Å². The number of benzene rings is 2. The Bertz CT molecular complexity index is 1770. The molecule has 1 saturated heterocycles. The third-order valence-corrected chi connectivity index (χ3v) is 7.97. The number of hydrogen-bond acceptors (Lipinski definition) is 7. The number of aryl methyl sites for hydroxylation is 1. The summed E-state index contributed by atoms with van der Waals surface area (Å²) in [6, 6.07) is 14.5. The van der Waals surface area contributed by atoms with E-state index in [4.69, 9.17) is 14.7 Å². The highest BCUT2D eigenvalue weighted by Gasteiger charge is 2.37. The summed E-state index contributed by atoms with van der Waals surface area (Å²) in [5.41, 5.74) is 3.16. The van der Waals surface area contributed by atoms with Gasteiger partial charge in [-0.2, -0.15) is 10.2 Å². The van der Waals surface area contributed by atoms with E-state index in [1.54, 1.807) is 30.1 Å². The van der Waals surface area contributed by atoms with Crippen molar-refractivity contribution < 1.29 is 27.9 Å². The zero-order valence-corrected chi connectivity index (χ0v) is 25.5. The van der Waals surface area contributed by atoms with Crippen molar-refractivity contribution in [1.29, 1.82) is 0 Å². The van der Waals surface area contributed by atoms with Gasteiger partial charge < -0.3 is 14.6 Å². The van der Waals surface area contributed by atoms with Crippen LogP contribution in [0.3, 0.4) is 0 Å². The monoisotopic (exact) mass is 619 g/mol. The molecule has 0 spiro atoms. The molecule has 2 atom stereocenters. The standard InChI is InChI=1S/C33H35F2N5O5/c1-20-29(17-25(41)14-23-19-39(12-13-44-4)45-31(23)21-10-11-27(34)28(35)16-21)40(24-8-6-5-7-9-24)37-30(20)22-15-26(32(42)36-2)33(43)38(3)18-22/h5-11,15-16,18,23,31H,12-14,17,19H2,1-4H3,(H,36,42)/t23-,31+/m1/s1. The Morgan fingerprint density at radius 2 is 1.87 bits per heavy atom. The molecule has 0 unspecified atom stereocenters. The number of ketones is 1. The number of para-hydroxylation sites is 1. The molecule has 236 valence electrons. The largest absolute Gasteiger partial charge is 0.383 e. The van der Waals surface area contributed by atoms with Gasteiger partial charge in [0.2, 0.25) is 0 Å². The lowest BCUT2D eigenvalue weighted by Gasteiger charge is -2.18. The summed E-state index contributed by atoms with van der Waals surface area (Å²) in [6.45, 7) is 3.10. The van der Waals surface area contributed by atoms with Gasteiger partial charge in [0.05, 0.1) is 23.7 Å². The maximum absolute atomic E-state index is 14.2. The fourth-order valence-electron chi connectivity index (χ4n) is 5.66. The van der Waals surface area contributed by atoms with E-state index in [1.165, 1.54) is 23.7 Å². The topological polar surface area (TPSA) is 108 Å². The average molecular weight is 620 g/mol. The number of pyridine rings is 1. The number of nitrogens with one attached hydrogen (secondary N) is 1. The number of aromatic nitrogens is 3. The molecule has 2 aromatic carbocycles. The molecule has 0 saturated carbocycles. The van der Waals surface area contributed by atoms with Crippen LogP contribution in [0.5, 0.6) is 0 Å². The molecule has 3 heterocycles. The summed E-state index contributed by atoms with van der Waals surface area (Å²) in [4.78, 5) is 45.0. The minimum Gasteiger partial charge on any atom is -0.383 e. The van der Waals surface area contributed by atoms with Gasteiger partial charge in [-0.3, -0.25) is 19.2 Å². The van der Waals surface area contributed by atoms with Crippen LogP contribution in [0.25, 0.3) is 16.9 Å². The number of hydrogen-bond donors (Lipinski definition) is 1. The van der Waals surface area contributed by atoms with E-state index < -0.39 is 29.2 Å².